The smallest absolute Gasteiger partial charge is 0.416 e. The van der Waals surface area contributed by atoms with Crippen LogP contribution in [-0.4, -0.2) is 17.9 Å². The average Bonchev–Trinajstić information content (AvgIpc) is 2.59. The molecule has 1 amide bonds. The van der Waals surface area contributed by atoms with Gasteiger partial charge in [0.1, 0.15) is 12.6 Å². The number of halogens is 4. The minimum absolute atomic E-state index is 0.169. The van der Waals surface area contributed by atoms with Gasteiger partial charge in [-0.25, -0.2) is 4.79 Å². The van der Waals surface area contributed by atoms with Crippen molar-refractivity contribution < 1.29 is 27.5 Å². The largest absolute Gasteiger partial charge is 0.459 e. The second-order valence-electron chi connectivity index (χ2n) is 5.44. The lowest BCUT2D eigenvalue weighted by molar-refractivity contribution is -0.149. The second-order valence-corrected chi connectivity index (χ2v) is 5.84. The maximum atomic E-state index is 12.9. The molecule has 0 aliphatic carbocycles. The highest BCUT2D eigenvalue weighted by Gasteiger charge is 2.33. The van der Waals surface area contributed by atoms with Gasteiger partial charge in [-0.2, -0.15) is 13.2 Å². The Bertz CT molecular complexity index is 808. The first-order valence-electron chi connectivity index (χ1n) is 7.57. The molecular formula is C18H15ClF3NO3. The van der Waals surface area contributed by atoms with Crippen LogP contribution in [-0.2, 0) is 22.3 Å². The predicted octanol–water partition coefficient (Wildman–Crippen LogP) is 4.22. The molecule has 0 fully saturated rings. The summed E-state index contributed by atoms with van der Waals surface area (Å²) in [5.41, 5.74) is -0.866. The molecule has 0 spiro atoms. The molecule has 1 unspecified atom stereocenters. The van der Waals surface area contributed by atoms with E-state index >= 15 is 0 Å². The SMILES string of the molecule is CC(NC(=O)c1ccccc1Cl)C(=O)OCc1ccccc1C(F)(F)F. The number of esters is 1. The fourth-order valence-corrected chi connectivity index (χ4v) is 2.40. The number of carbonyl (C=O) groups is 2. The van der Waals surface area contributed by atoms with E-state index in [-0.39, 0.29) is 16.1 Å². The van der Waals surface area contributed by atoms with E-state index in [2.05, 4.69) is 5.32 Å². The molecule has 0 aliphatic heterocycles. The van der Waals surface area contributed by atoms with E-state index in [0.29, 0.717) is 0 Å². The molecule has 2 rings (SSSR count). The first-order valence-corrected chi connectivity index (χ1v) is 7.95. The molecule has 8 heteroatoms. The molecule has 0 saturated heterocycles. The Labute approximate surface area is 152 Å². The summed E-state index contributed by atoms with van der Waals surface area (Å²) in [4.78, 5) is 24.1. The Morgan fingerprint density at radius 1 is 1.12 bits per heavy atom. The van der Waals surface area contributed by atoms with Crippen LogP contribution in [0.5, 0.6) is 0 Å². The molecular weight excluding hydrogens is 371 g/mol. The van der Waals surface area contributed by atoms with Gasteiger partial charge in [-0.3, -0.25) is 4.79 Å². The molecule has 0 radical (unpaired) electrons. The van der Waals surface area contributed by atoms with Crippen LogP contribution in [0.15, 0.2) is 48.5 Å². The van der Waals surface area contributed by atoms with Gasteiger partial charge in [0.15, 0.2) is 0 Å². The van der Waals surface area contributed by atoms with Gasteiger partial charge >= 0.3 is 12.1 Å². The summed E-state index contributed by atoms with van der Waals surface area (Å²) in [5, 5.41) is 2.61. The highest BCUT2D eigenvalue weighted by Crippen LogP contribution is 2.32. The molecule has 2 aromatic rings. The van der Waals surface area contributed by atoms with Gasteiger partial charge in [0.05, 0.1) is 16.1 Å². The fourth-order valence-electron chi connectivity index (χ4n) is 2.18. The van der Waals surface area contributed by atoms with Crippen LogP contribution in [0.25, 0.3) is 0 Å². The van der Waals surface area contributed by atoms with Gasteiger partial charge < -0.3 is 10.1 Å². The first kappa shape index (κ1) is 19.8. The van der Waals surface area contributed by atoms with Crippen molar-refractivity contribution in [3.63, 3.8) is 0 Å². The minimum Gasteiger partial charge on any atom is -0.459 e. The van der Waals surface area contributed by atoms with E-state index in [1.54, 1.807) is 12.1 Å². The molecule has 26 heavy (non-hydrogen) atoms. The van der Waals surface area contributed by atoms with Crippen LogP contribution in [0.3, 0.4) is 0 Å². The number of hydrogen-bond acceptors (Lipinski definition) is 3. The van der Waals surface area contributed by atoms with Crippen LogP contribution >= 0.6 is 11.6 Å². The highest BCUT2D eigenvalue weighted by atomic mass is 35.5. The Morgan fingerprint density at radius 2 is 1.73 bits per heavy atom. The lowest BCUT2D eigenvalue weighted by Crippen LogP contribution is -2.39. The maximum absolute atomic E-state index is 12.9. The van der Waals surface area contributed by atoms with E-state index in [0.717, 1.165) is 6.07 Å². The van der Waals surface area contributed by atoms with Gasteiger partial charge in [-0.1, -0.05) is 41.9 Å². The predicted molar refractivity (Wildman–Crippen MR) is 89.6 cm³/mol. The number of alkyl halides is 3. The highest BCUT2D eigenvalue weighted by molar-refractivity contribution is 6.33. The van der Waals surface area contributed by atoms with Crippen LogP contribution in [0.2, 0.25) is 5.02 Å². The quantitative estimate of drug-likeness (QED) is 0.784. The molecule has 1 N–H and O–H groups in total. The van der Waals surface area contributed by atoms with Gasteiger partial charge in [0, 0.05) is 5.56 Å². The number of amides is 1. The number of nitrogens with one attached hydrogen (secondary N) is 1. The molecule has 0 aromatic heterocycles. The Morgan fingerprint density at radius 3 is 2.38 bits per heavy atom. The summed E-state index contributed by atoms with van der Waals surface area (Å²) >= 11 is 5.90. The molecule has 1 atom stereocenters. The average molecular weight is 386 g/mol. The summed E-state index contributed by atoms with van der Waals surface area (Å²) in [6, 6.07) is 10.0. The third kappa shape index (κ3) is 4.98. The van der Waals surface area contributed by atoms with Gasteiger partial charge in [-0.05, 0) is 25.1 Å². The summed E-state index contributed by atoms with van der Waals surface area (Å²) in [6.07, 6.45) is -4.55. The van der Waals surface area contributed by atoms with Crippen molar-refractivity contribution in [1.29, 1.82) is 0 Å². The number of rotatable bonds is 5. The van der Waals surface area contributed by atoms with Gasteiger partial charge in [-0.15, -0.1) is 0 Å². The molecule has 2 aromatic carbocycles. The van der Waals surface area contributed by atoms with E-state index in [9.17, 15) is 22.8 Å². The molecule has 0 heterocycles. The van der Waals surface area contributed by atoms with Gasteiger partial charge in [0.2, 0.25) is 0 Å². The van der Waals surface area contributed by atoms with Gasteiger partial charge in [0.25, 0.3) is 5.91 Å². The standard InChI is InChI=1S/C18H15ClF3NO3/c1-11(23-16(24)13-7-3-5-9-15(13)19)17(25)26-10-12-6-2-4-8-14(12)18(20,21)22/h2-9,11H,10H2,1H3,(H,23,24). The summed E-state index contributed by atoms with van der Waals surface area (Å²) in [6.45, 7) is 0.813. The monoisotopic (exact) mass is 385 g/mol. The van der Waals surface area contributed by atoms with Crippen molar-refractivity contribution in [3.05, 3.63) is 70.2 Å². The zero-order valence-electron chi connectivity index (χ0n) is 13.6. The molecule has 0 aliphatic rings. The Kier molecular flexibility index (Phi) is 6.26. The molecule has 0 bridgehead atoms. The molecule has 4 nitrogen and oxygen atoms in total. The number of benzene rings is 2. The lowest BCUT2D eigenvalue weighted by Gasteiger charge is -2.16. The van der Waals surface area contributed by atoms with Crippen molar-refractivity contribution in [2.24, 2.45) is 0 Å². The maximum Gasteiger partial charge on any atom is 0.416 e. The zero-order chi connectivity index (χ0) is 19.3. The van der Waals surface area contributed by atoms with Crippen molar-refractivity contribution in [2.75, 3.05) is 0 Å². The Hall–Kier alpha value is -2.54. The normalized spacial score (nSPS) is 12.3. The van der Waals surface area contributed by atoms with Crippen LogP contribution in [0, 0.1) is 0 Å². The molecule has 0 saturated carbocycles. The zero-order valence-corrected chi connectivity index (χ0v) is 14.4. The Balaban J connectivity index is 1.98. The van der Waals surface area contributed by atoms with E-state index in [1.807, 2.05) is 0 Å². The second kappa shape index (κ2) is 8.23. The van der Waals surface area contributed by atoms with Crippen molar-refractivity contribution in [3.8, 4) is 0 Å². The third-order valence-corrected chi connectivity index (χ3v) is 3.84. The number of ether oxygens (including phenoxy) is 1. The van der Waals surface area contributed by atoms with Crippen molar-refractivity contribution >= 4 is 23.5 Å². The first-order chi connectivity index (χ1) is 12.2. The van der Waals surface area contributed by atoms with Crippen LogP contribution in [0.1, 0.15) is 28.4 Å². The van der Waals surface area contributed by atoms with Crippen LogP contribution in [0.4, 0.5) is 13.2 Å². The summed E-state index contributed by atoms with van der Waals surface area (Å²) < 4.78 is 43.7. The summed E-state index contributed by atoms with van der Waals surface area (Å²) in [5.74, 6) is -1.45. The number of carbonyl (C=O) groups excluding carboxylic acids is 2. The summed E-state index contributed by atoms with van der Waals surface area (Å²) in [7, 11) is 0. The minimum atomic E-state index is -4.55. The van der Waals surface area contributed by atoms with E-state index < -0.39 is 36.3 Å². The lowest BCUT2D eigenvalue weighted by atomic mass is 10.1. The topological polar surface area (TPSA) is 55.4 Å². The van der Waals surface area contributed by atoms with Crippen LogP contribution < -0.4 is 5.32 Å². The third-order valence-electron chi connectivity index (χ3n) is 3.51. The molecule has 138 valence electrons. The number of hydrogen-bond donors (Lipinski definition) is 1. The van der Waals surface area contributed by atoms with E-state index in [1.165, 1.54) is 37.3 Å². The van der Waals surface area contributed by atoms with Crippen molar-refractivity contribution in [1.82, 2.24) is 5.32 Å². The van der Waals surface area contributed by atoms with E-state index in [4.69, 9.17) is 16.3 Å². The van der Waals surface area contributed by atoms with Crippen molar-refractivity contribution in [2.45, 2.75) is 25.7 Å². The fraction of sp³-hybridized carbons (Fsp3) is 0.222.